The molecule has 0 radical (unpaired) electrons. The van der Waals surface area contributed by atoms with Gasteiger partial charge in [-0.3, -0.25) is 4.79 Å². The maximum atomic E-state index is 11.1. The molecule has 0 aliphatic heterocycles. The van der Waals surface area contributed by atoms with Crippen molar-refractivity contribution in [3.8, 4) is 0 Å². The molecule has 0 N–H and O–H groups in total. The summed E-state index contributed by atoms with van der Waals surface area (Å²) in [5.41, 5.74) is 1.02. The van der Waals surface area contributed by atoms with Crippen molar-refractivity contribution in [2.75, 3.05) is 0 Å². The third kappa shape index (κ3) is 4.23. The number of benzene rings is 1. The lowest BCUT2D eigenvalue weighted by molar-refractivity contribution is -0.118. The second-order valence-corrected chi connectivity index (χ2v) is 4.33. The second-order valence-electron chi connectivity index (χ2n) is 3.48. The Hall–Kier alpha value is -0.530. The molecule has 0 spiro atoms. The van der Waals surface area contributed by atoms with Gasteiger partial charge in [-0.05, 0) is 36.6 Å². The summed E-state index contributed by atoms with van der Waals surface area (Å²) in [4.78, 5) is 11.1. The molecule has 1 nitrogen and oxygen atoms in total. The first kappa shape index (κ1) is 12.5. The molecule has 0 atom stereocenters. The van der Waals surface area contributed by atoms with Crippen molar-refractivity contribution in [2.45, 2.75) is 32.6 Å². The molecule has 0 aromatic heterocycles. The number of carbonyl (C=O) groups is 1. The van der Waals surface area contributed by atoms with Gasteiger partial charge >= 0.3 is 0 Å². The monoisotopic (exact) mass is 244 g/mol. The van der Waals surface area contributed by atoms with E-state index < -0.39 is 0 Å². The number of Topliss-reactive ketones (excluding diaryl/α,β-unsaturated/α-hetero) is 1. The van der Waals surface area contributed by atoms with Crippen LogP contribution in [-0.2, 0) is 11.2 Å². The van der Waals surface area contributed by atoms with Crippen LogP contribution in [0.4, 0.5) is 0 Å². The maximum Gasteiger partial charge on any atom is 0.132 e. The Morgan fingerprint density at radius 3 is 2.73 bits per heavy atom. The lowest BCUT2D eigenvalue weighted by atomic mass is 10.1. The van der Waals surface area contributed by atoms with Gasteiger partial charge in [-0.25, -0.2) is 0 Å². The molecule has 82 valence electrons. The molecule has 15 heavy (non-hydrogen) atoms. The van der Waals surface area contributed by atoms with Crippen LogP contribution in [0.2, 0.25) is 10.0 Å². The van der Waals surface area contributed by atoms with Crippen LogP contribution in [0.5, 0.6) is 0 Å². The summed E-state index contributed by atoms with van der Waals surface area (Å²) in [5.74, 6) is 0.299. The van der Waals surface area contributed by atoms with Crippen molar-refractivity contribution < 1.29 is 4.79 Å². The van der Waals surface area contributed by atoms with E-state index in [4.69, 9.17) is 23.2 Å². The van der Waals surface area contributed by atoms with Crippen molar-refractivity contribution in [3.63, 3.8) is 0 Å². The molecule has 0 saturated heterocycles. The highest BCUT2D eigenvalue weighted by Crippen LogP contribution is 2.22. The summed E-state index contributed by atoms with van der Waals surface area (Å²) >= 11 is 11.9. The minimum Gasteiger partial charge on any atom is -0.300 e. The molecule has 0 heterocycles. The summed E-state index contributed by atoms with van der Waals surface area (Å²) in [7, 11) is 0. The molecule has 0 aliphatic carbocycles. The van der Waals surface area contributed by atoms with Crippen LogP contribution in [0.3, 0.4) is 0 Å². The zero-order valence-corrected chi connectivity index (χ0v) is 10.2. The number of aryl methyl sites for hydroxylation is 1. The Labute approximate surface area is 100 Å². The second kappa shape index (κ2) is 6.14. The van der Waals surface area contributed by atoms with Gasteiger partial charge in [-0.15, -0.1) is 0 Å². The van der Waals surface area contributed by atoms with Crippen LogP contribution in [0.1, 0.15) is 31.7 Å². The predicted octanol–water partition coefficient (Wildman–Crippen LogP) is 4.30. The Balaban J connectivity index is 2.50. The van der Waals surface area contributed by atoms with E-state index in [9.17, 15) is 4.79 Å². The van der Waals surface area contributed by atoms with Gasteiger partial charge < -0.3 is 0 Å². The first-order valence-electron chi connectivity index (χ1n) is 5.09. The highest BCUT2D eigenvalue weighted by Gasteiger charge is 2.03. The van der Waals surface area contributed by atoms with Crippen LogP contribution in [0.25, 0.3) is 0 Å². The first-order valence-corrected chi connectivity index (χ1v) is 5.84. The van der Waals surface area contributed by atoms with Gasteiger partial charge in [0.2, 0.25) is 0 Å². The van der Waals surface area contributed by atoms with Gasteiger partial charge in [0, 0.05) is 22.9 Å². The topological polar surface area (TPSA) is 17.1 Å². The highest BCUT2D eigenvalue weighted by molar-refractivity contribution is 6.33. The number of hydrogen-bond acceptors (Lipinski definition) is 1. The van der Waals surface area contributed by atoms with Crippen molar-refractivity contribution >= 4 is 29.0 Å². The molecule has 1 aromatic rings. The van der Waals surface area contributed by atoms with E-state index in [2.05, 4.69) is 0 Å². The van der Waals surface area contributed by atoms with Crippen LogP contribution in [0, 0.1) is 0 Å². The smallest absolute Gasteiger partial charge is 0.132 e. The molecule has 0 aliphatic rings. The molecular weight excluding hydrogens is 231 g/mol. The Kier molecular flexibility index (Phi) is 5.13. The van der Waals surface area contributed by atoms with Gasteiger partial charge in [0.1, 0.15) is 5.78 Å². The molecule has 0 amide bonds. The zero-order chi connectivity index (χ0) is 11.3. The van der Waals surface area contributed by atoms with Crippen molar-refractivity contribution in [1.82, 2.24) is 0 Å². The SMILES string of the molecule is CCC(=O)CCCc1cc(Cl)ccc1Cl. The van der Waals surface area contributed by atoms with Gasteiger partial charge in [0.05, 0.1) is 0 Å². The standard InChI is InChI=1S/C12H14Cl2O/c1-2-11(15)5-3-4-9-8-10(13)6-7-12(9)14/h6-8H,2-5H2,1H3. The van der Waals surface area contributed by atoms with Gasteiger partial charge in [0.25, 0.3) is 0 Å². The molecule has 3 heteroatoms. The van der Waals surface area contributed by atoms with Gasteiger partial charge in [-0.1, -0.05) is 30.1 Å². The Bertz CT molecular complexity index is 347. The van der Waals surface area contributed by atoms with Crippen LogP contribution in [0.15, 0.2) is 18.2 Å². The van der Waals surface area contributed by atoms with Crippen LogP contribution in [-0.4, -0.2) is 5.78 Å². The highest BCUT2D eigenvalue weighted by atomic mass is 35.5. The van der Waals surface area contributed by atoms with E-state index in [0.29, 0.717) is 23.6 Å². The lowest BCUT2D eigenvalue weighted by Gasteiger charge is -2.04. The third-order valence-electron chi connectivity index (χ3n) is 2.30. The fourth-order valence-electron chi connectivity index (χ4n) is 1.39. The number of rotatable bonds is 5. The number of ketones is 1. The van der Waals surface area contributed by atoms with Crippen molar-refractivity contribution in [1.29, 1.82) is 0 Å². The fourth-order valence-corrected chi connectivity index (χ4v) is 1.79. The maximum absolute atomic E-state index is 11.1. The first-order chi connectivity index (χ1) is 7.13. The summed E-state index contributed by atoms with van der Waals surface area (Å²) in [6, 6.07) is 5.42. The van der Waals surface area contributed by atoms with E-state index in [0.717, 1.165) is 23.4 Å². The van der Waals surface area contributed by atoms with Crippen molar-refractivity contribution in [3.05, 3.63) is 33.8 Å². The summed E-state index contributed by atoms with van der Waals surface area (Å²) in [6.45, 7) is 1.88. The molecule has 1 aromatic carbocycles. The quantitative estimate of drug-likeness (QED) is 0.756. The normalized spacial score (nSPS) is 10.3. The van der Waals surface area contributed by atoms with E-state index in [1.807, 2.05) is 13.0 Å². The van der Waals surface area contributed by atoms with E-state index >= 15 is 0 Å². The van der Waals surface area contributed by atoms with E-state index in [-0.39, 0.29) is 0 Å². The number of hydrogen-bond donors (Lipinski definition) is 0. The number of halogens is 2. The minimum absolute atomic E-state index is 0.299. The summed E-state index contributed by atoms with van der Waals surface area (Å²) < 4.78 is 0. The van der Waals surface area contributed by atoms with Gasteiger partial charge in [0.15, 0.2) is 0 Å². The fraction of sp³-hybridized carbons (Fsp3) is 0.417. The summed E-state index contributed by atoms with van der Waals surface area (Å²) in [6.07, 6.45) is 2.89. The zero-order valence-electron chi connectivity index (χ0n) is 8.72. The lowest BCUT2D eigenvalue weighted by Crippen LogP contribution is -1.96. The minimum atomic E-state index is 0.299. The Morgan fingerprint density at radius 2 is 2.07 bits per heavy atom. The van der Waals surface area contributed by atoms with E-state index in [1.54, 1.807) is 12.1 Å². The largest absolute Gasteiger partial charge is 0.300 e. The average Bonchev–Trinajstić information content (AvgIpc) is 2.23. The van der Waals surface area contributed by atoms with Crippen LogP contribution < -0.4 is 0 Å². The molecule has 1 rings (SSSR count). The van der Waals surface area contributed by atoms with Gasteiger partial charge in [-0.2, -0.15) is 0 Å². The predicted molar refractivity (Wildman–Crippen MR) is 64.7 cm³/mol. The number of carbonyl (C=O) groups excluding carboxylic acids is 1. The Morgan fingerprint density at radius 1 is 1.33 bits per heavy atom. The molecular formula is C12H14Cl2O. The third-order valence-corrected chi connectivity index (χ3v) is 2.91. The van der Waals surface area contributed by atoms with E-state index in [1.165, 1.54) is 0 Å². The van der Waals surface area contributed by atoms with Crippen molar-refractivity contribution in [2.24, 2.45) is 0 Å². The average molecular weight is 245 g/mol. The molecule has 0 unspecified atom stereocenters. The molecule has 0 fully saturated rings. The molecule has 0 saturated carbocycles. The summed E-state index contributed by atoms with van der Waals surface area (Å²) in [5, 5.41) is 1.42. The van der Waals surface area contributed by atoms with Crippen LogP contribution >= 0.6 is 23.2 Å². The molecule has 0 bridgehead atoms.